The van der Waals surface area contributed by atoms with Gasteiger partial charge in [-0.25, -0.2) is 0 Å². The summed E-state index contributed by atoms with van der Waals surface area (Å²) in [5.41, 5.74) is 2.59. The summed E-state index contributed by atoms with van der Waals surface area (Å²) in [6, 6.07) is 15.1. The summed E-state index contributed by atoms with van der Waals surface area (Å²) >= 11 is 0. The summed E-state index contributed by atoms with van der Waals surface area (Å²) in [5, 5.41) is 11.2. The Hall–Kier alpha value is -3.80. The molecule has 0 aliphatic carbocycles. The molecule has 3 aromatic rings. The van der Waals surface area contributed by atoms with Gasteiger partial charge in [-0.05, 0) is 68.3 Å². The second kappa shape index (κ2) is 7.80. The minimum atomic E-state index is -0.878. The van der Waals surface area contributed by atoms with Gasteiger partial charge < -0.3 is 14.3 Å². The fourth-order valence-corrected chi connectivity index (χ4v) is 3.96. The molecule has 1 fully saturated rings. The zero-order chi connectivity index (χ0) is 22.3. The molecule has 1 amide bonds. The number of methoxy groups -OCH3 is 1. The summed E-state index contributed by atoms with van der Waals surface area (Å²) < 4.78 is 11.1. The summed E-state index contributed by atoms with van der Waals surface area (Å²) in [4.78, 5) is 27.7. The Morgan fingerprint density at radius 3 is 2.35 bits per heavy atom. The van der Waals surface area contributed by atoms with Gasteiger partial charge in [0.2, 0.25) is 0 Å². The average molecular weight is 417 g/mol. The molecule has 1 N–H and O–H groups in total. The van der Waals surface area contributed by atoms with Crippen molar-refractivity contribution in [3.8, 4) is 5.75 Å². The van der Waals surface area contributed by atoms with E-state index in [0.717, 1.165) is 5.56 Å². The van der Waals surface area contributed by atoms with Crippen LogP contribution in [0.25, 0.3) is 5.76 Å². The van der Waals surface area contributed by atoms with Gasteiger partial charge >= 0.3 is 0 Å². The number of carbonyl (C=O) groups excluding carboxylic acids is 2. The maximum absolute atomic E-state index is 13.2. The van der Waals surface area contributed by atoms with E-state index in [1.54, 1.807) is 63.4 Å². The number of para-hydroxylation sites is 1. The number of ether oxygens (including phenoxy) is 1. The van der Waals surface area contributed by atoms with Crippen molar-refractivity contribution >= 4 is 23.1 Å². The molecule has 0 spiro atoms. The van der Waals surface area contributed by atoms with E-state index in [1.807, 2.05) is 19.1 Å². The molecule has 0 saturated carbocycles. The molecule has 158 valence electrons. The second-order valence-electron chi connectivity index (χ2n) is 7.58. The highest BCUT2D eigenvalue weighted by molar-refractivity contribution is 6.51. The largest absolute Gasteiger partial charge is 0.507 e. The van der Waals surface area contributed by atoms with Crippen LogP contribution < -0.4 is 9.64 Å². The van der Waals surface area contributed by atoms with Crippen LogP contribution in [0.4, 0.5) is 5.69 Å². The van der Waals surface area contributed by atoms with Crippen molar-refractivity contribution in [2.75, 3.05) is 12.0 Å². The Labute approximate surface area is 180 Å². The molecule has 6 heteroatoms. The minimum absolute atomic E-state index is 0.00382. The maximum atomic E-state index is 13.2. The quantitative estimate of drug-likeness (QED) is 0.373. The molecule has 31 heavy (non-hydrogen) atoms. The number of anilines is 1. The van der Waals surface area contributed by atoms with Gasteiger partial charge in [-0.1, -0.05) is 18.2 Å². The highest BCUT2D eigenvalue weighted by atomic mass is 16.5. The molecule has 0 radical (unpaired) electrons. The van der Waals surface area contributed by atoms with Gasteiger partial charge in [0.15, 0.2) is 0 Å². The lowest BCUT2D eigenvalue weighted by Crippen LogP contribution is -2.29. The lowest BCUT2D eigenvalue weighted by Gasteiger charge is -2.25. The van der Waals surface area contributed by atoms with Crippen molar-refractivity contribution in [1.29, 1.82) is 0 Å². The zero-order valence-electron chi connectivity index (χ0n) is 17.8. The van der Waals surface area contributed by atoms with Crippen LogP contribution in [-0.4, -0.2) is 23.9 Å². The van der Waals surface area contributed by atoms with Crippen molar-refractivity contribution in [2.24, 2.45) is 0 Å². The number of aliphatic hydroxyl groups is 1. The van der Waals surface area contributed by atoms with E-state index in [9.17, 15) is 14.7 Å². The topological polar surface area (TPSA) is 80.0 Å². The number of hydrogen-bond donors (Lipinski definition) is 1. The number of hydrogen-bond acceptors (Lipinski definition) is 5. The fourth-order valence-electron chi connectivity index (χ4n) is 3.96. The Kier molecular flexibility index (Phi) is 5.15. The van der Waals surface area contributed by atoms with Crippen molar-refractivity contribution in [3.05, 3.63) is 88.4 Å². The first-order chi connectivity index (χ1) is 14.8. The number of nitrogens with zero attached hydrogens (tertiary/aromatic N) is 1. The second-order valence-corrected chi connectivity index (χ2v) is 7.58. The van der Waals surface area contributed by atoms with Crippen molar-refractivity contribution in [3.63, 3.8) is 0 Å². The van der Waals surface area contributed by atoms with Gasteiger partial charge in [-0.3, -0.25) is 14.5 Å². The Balaban J connectivity index is 1.96. The monoisotopic (exact) mass is 417 g/mol. The van der Waals surface area contributed by atoms with Crippen LogP contribution in [0.15, 0.2) is 64.6 Å². The Morgan fingerprint density at radius 1 is 1.00 bits per heavy atom. The standard InChI is InChI=1S/C25H23NO5/c1-14-7-5-6-8-19(14)26-22(20-12-9-16(3)31-20)21(24(28)25(26)29)23(27)18-11-10-17(30-4)13-15(18)2/h5-13,22,27H,1-4H3/b23-21-. The number of Topliss-reactive ketones (excluding diaryl/α,β-unsaturated/α-hetero) is 1. The van der Waals surface area contributed by atoms with Crippen LogP contribution in [-0.2, 0) is 9.59 Å². The van der Waals surface area contributed by atoms with E-state index in [4.69, 9.17) is 9.15 Å². The third-order valence-electron chi connectivity index (χ3n) is 5.54. The normalized spacial score (nSPS) is 17.9. The van der Waals surface area contributed by atoms with Crippen LogP contribution in [0.1, 0.15) is 34.3 Å². The third-order valence-corrected chi connectivity index (χ3v) is 5.54. The van der Waals surface area contributed by atoms with Crippen LogP contribution in [0.2, 0.25) is 0 Å². The summed E-state index contributed by atoms with van der Waals surface area (Å²) in [6.07, 6.45) is 0. The number of aliphatic hydroxyl groups excluding tert-OH is 1. The molecular weight excluding hydrogens is 394 g/mol. The number of carbonyl (C=O) groups is 2. The first-order valence-electron chi connectivity index (χ1n) is 9.91. The predicted octanol–water partition coefficient (Wildman–Crippen LogP) is 4.84. The molecule has 0 bridgehead atoms. The van der Waals surface area contributed by atoms with Crippen molar-refractivity contribution in [2.45, 2.75) is 26.8 Å². The molecule has 1 saturated heterocycles. The molecule has 1 atom stereocenters. The van der Waals surface area contributed by atoms with Crippen LogP contribution in [0, 0.1) is 20.8 Å². The van der Waals surface area contributed by atoms with Crippen LogP contribution >= 0.6 is 0 Å². The van der Waals surface area contributed by atoms with E-state index >= 15 is 0 Å². The van der Waals surface area contributed by atoms with Gasteiger partial charge in [0, 0.05) is 11.3 Å². The molecule has 4 rings (SSSR count). The SMILES string of the molecule is COc1ccc(/C(O)=C2/C(=O)C(=O)N(c3ccccc3C)C2c2ccc(C)o2)c(C)c1. The van der Waals surface area contributed by atoms with Gasteiger partial charge in [0.1, 0.15) is 29.1 Å². The third kappa shape index (κ3) is 3.40. The summed E-state index contributed by atoms with van der Waals surface area (Å²) in [7, 11) is 1.56. The number of amides is 1. The first-order valence-corrected chi connectivity index (χ1v) is 9.91. The zero-order valence-corrected chi connectivity index (χ0v) is 17.8. The lowest BCUT2D eigenvalue weighted by atomic mass is 9.96. The first kappa shape index (κ1) is 20.5. The van der Waals surface area contributed by atoms with E-state index in [0.29, 0.717) is 34.1 Å². The minimum Gasteiger partial charge on any atom is -0.507 e. The van der Waals surface area contributed by atoms with Gasteiger partial charge in [-0.15, -0.1) is 0 Å². The summed E-state index contributed by atoms with van der Waals surface area (Å²) in [6.45, 7) is 5.46. The van der Waals surface area contributed by atoms with Crippen molar-refractivity contribution < 1.29 is 23.8 Å². The molecule has 6 nitrogen and oxygen atoms in total. The predicted molar refractivity (Wildman–Crippen MR) is 117 cm³/mol. The van der Waals surface area contributed by atoms with E-state index in [-0.39, 0.29) is 11.3 Å². The van der Waals surface area contributed by atoms with Crippen LogP contribution in [0.3, 0.4) is 0 Å². The molecular formula is C25H23NO5. The van der Waals surface area contributed by atoms with E-state index < -0.39 is 17.7 Å². The number of furan rings is 1. The number of ketones is 1. The molecule has 1 aromatic heterocycles. The Morgan fingerprint density at radius 2 is 1.74 bits per heavy atom. The molecule has 2 aromatic carbocycles. The molecule has 1 aliphatic rings. The average Bonchev–Trinajstić information content (AvgIpc) is 3.29. The van der Waals surface area contributed by atoms with E-state index in [1.165, 1.54) is 4.90 Å². The number of aryl methyl sites for hydroxylation is 3. The fraction of sp³-hybridized carbons (Fsp3) is 0.200. The van der Waals surface area contributed by atoms with Gasteiger partial charge in [-0.2, -0.15) is 0 Å². The highest BCUT2D eigenvalue weighted by Gasteiger charge is 2.48. The molecule has 1 aliphatic heterocycles. The Bertz CT molecular complexity index is 1220. The molecule has 1 unspecified atom stereocenters. The van der Waals surface area contributed by atoms with Crippen LogP contribution in [0.5, 0.6) is 5.75 Å². The number of benzene rings is 2. The van der Waals surface area contributed by atoms with Gasteiger partial charge in [0.25, 0.3) is 11.7 Å². The summed E-state index contributed by atoms with van der Waals surface area (Å²) in [5.74, 6) is -0.0176. The molecule has 2 heterocycles. The van der Waals surface area contributed by atoms with Gasteiger partial charge in [0.05, 0.1) is 12.7 Å². The highest BCUT2D eigenvalue weighted by Crippen LogP contribution is 2.43. The number of rotatable bonds is 4. The lowest BCUT2D eigenvalue weighted by molar-refractivity contribution is -0.132. The van der Waals surface area contributed by atoms with E-state index in [2.05, 4.69) is 0 Å². The van der Waals surface area contributed by atoms with Crippen molar-refractivity contribution in [1.82, 2.24) is 0 Å². The smallest absolute Gasteiger partial charge is 0.300 e. The maximum Gasteiger partial charge on any atom is 0.300 e.